The quantitative estimate of drug-likeness (QED) is 0.238. The Morgan fingerprint density at radius 1 is 1.50 bits per heavy atom. The average molecular weight is 230 g/mol. The van der Waals surface area contributed by atoms with Crippen molar-refractivity contribution in [2.24, 2.45) is 10.9 Å². The molecule has 0 fully saturated rings. The van der Waals surface area contributed by atoms with Gasteiger partial charge in [0, 0.05) is 13.6 Å². The highest BCUT2D eigenvalue weighted by molar-refractivity contribution is 5.99. The minimum Gasteiger partial charge on any atom is -0.409 e. The van der Waals surface area contributed by atoms with Crippen molar-refractivity contribution in [2.75, 3.05) is 20.1 Å². The molecule has 0 unspecified atom stereocenters. The first kappa shape index (κ1) is 14.2. The summed E-state index contributed by atoms with van der Waals surface area (Å²) in [4.78, 5) is 24.1. The number of nitrogens with zero attached hydrogens (tertiary/aromatic N) is 2. The van der Waals surface area contributed by atoms with Gasteiger partial charge in [-0.15, -0.1) is 0 Å². The second kappa shape index (κ2) is 7.49. The molecule has 0 aromatic heterocycles. The number of oxime groups is 1. The average Bonchev–Trinajstić information content (AvgIpc) is 2.27. The summed E-state index contributed by atoms with van der Waals surface area (Å²) in [6.07, 6.45) is 0.548. The lowest BCUT2D eigenvalue weighted by atomic mass is 10.3. The molecule has 92 valence electrons. The van der Waals surface area contributed by atoms with E-state index in [1.165, 1.54) is 11.9 Å². The van der Waals surface area contributed by atoms with Gasteiger partial charge >= 0.3 is 0 Å². The third-order valence-corrected chi connectivity index (χ3v) is 1.92. The molecule has 0 heterocycles. The molecule has 0 aliphatic carbocycles. The van der Waals surface area contributed by atoms with Crippen molar-refractivity contribution in [3.8, 4) is 0 Å². The van der Waals surface area contributed by atoms with E-state index in [0.717, 1.165) is 6.42 Å². The number of nitrogens with one attached hydrogen (secondary N) is 1. The lowest BCUT2D eigenvalue weighted by molar-refractivity contribution is -0.135. The van der Waals surface area contributed by atoms with Gasteiger partial charge in [-0.1, -0.05) is 12.1 Å². The Bertz CT molecular complexity index is 278. The van der Waals surface area contributed by atoms with E-state index < -0.39 is 0 Å². The number of hydrogen-bond donors (Lipinski definition) is 3. The highest BCUT2D eigenvalue weighted by atomic mass is 16.4. The van der Waals surface area contributed by atoms with Gasteiger partial charge < -0.3 is 21.2 Å². The maximum Gasteiger partial charge on any atom is 0.239 e. The zero-order valence-electron chi connectivity index (χ0n) is 9.56. The largest absolute Gasteiger partial charge is 0.409 e. The molecule has 4 N–H and O–H groups in total. The van der Waals surface area contributed by atoms with Gasteiger partial charge in [-0.2, -0.15) is 0 Å². The topological polar surface area (TPSA) is 108 Å². The molecule has 0 aliphatic rings. The van der Waals surface area contributed by atoms with Gasteiger partial charge in [-0.25, -0.2) is 0 Å². The molecule has 16 heavy (non-hydrogen) atoms. The first-order valence-corrected chi connectivity index (χ1v) is 4.99. The van der Waals surface area contributed by atoms with Gasteiger partial charge in [0.15, 0.2) is 0 Å². The molecule has 0 radical (unpaired) electrons. The minimum atomic E-state index is -0.333. The Morgan fingerprint density at radius 3 is 2.56 bits per heavy atom. The molecule has 7 heteroatoms. The molecular formula is C9H18N4O3. The van der Waals surface area contributed by atoms with E-state index in [1.807, 2.05) is 6.92 Å². The van der Waals surface area contributed by atoms with Gasteiger partial charge in [-0.05, 0) is 6.42 Å². The van der Waals surface area contributed by atoms with E-state index in [1.54, 1.807) is 0 Å². The molecule has 2 amide bonds. The predicted molar refractivity (Wildman–Crippen MR) is 59.0 cm³/mol. The highest BCUT2D eigenvalue weighted by Gasteiger charge is 2.16. The number of hydrogen-bond acceptors (Lipinski definition) is 4. The van der Waals surface area contributed by atoms with Gasteiger partial charge in [0.05, 0.1) is 13.0 Å². The molecule has 0 aromatic rings. The maximum absolute atomic E-state index is 11.6. The summed E-state index contributed by atoms with van der Waals surface area (Å²) in [6, 6.07) is 0. The molecule has 0 spiro atoms. The fraction of sp³-hybridized carbons (Fsp3) is 0.667. The van der Waals surface area contributed by atoms with Crippen molar-refractivity contribution in [1.82, 2.24) is 10.2 Å². The Morgan fingerprint density at radius 2 is 2.12 bits per heavy atom. The monoisotopic (exact) mass is 230 g/mol. The summed E-state index contributed by atoms with van der Waals surface area (Å²) >= 11 is 0. The fourth-order valence-corrected chi connectivity index (χ4v) is 1.12. The zero-order valence-corrected chi connectivity index (χ0v) is 9.56. The van der Waals surface area contributed by atoms with Crippen LogP contribution in [0, 0.1) is 0 Å². The summed E-state index contributed by atoms with van der Waals surface area (Å²) in [5.41, 5.74) is 5.22. The number of nitrogens with two attached hydrogens (primary N) is 1. The summed E-state index contributed by atoms with van der Waals surface area (Å²) < 4.78 is 0. The number of rotatable bonds is 6. The van der Waals surface area contributed by atoms with Crippen LogP contribution in [0.15, 0.2) is 5.16 Å². The van der Waals surface area contributed by atoms with Gasteiger partial charge in [0.2, 0.25) is 11.8 Å². The smallest absolute Gasteiger partial charge is 0.239 e. The molecule has 0 bridgehead atoms. The molecule has 0 atom stereocenters. The second-order valence-corrected chi connectivity index (χ2v) is 3.26. The van der Waals surface area contributed by atoms with Crippen molar-refractivity contribution in [3.63, 3.8) is 0 Å². The van der Waals surface area contributed by atoms with Gasteiger partial charge in [-0.3, -0.25) is 9.59 Å². The Labute approximate surface area is 94.3 Å². The molecule has 0 saturated carbocycles. The molecule has 0 saturated heterocycles. The first-order chi connectivity index (χ1) is 7.54. The number of likely N-dealkylation sites (N-methyl/N-ethyl adjacent to an activating group) is 1. The third-order valence-electron chi connectivity index (χ3n) is 1.92. The summed E-state index contributed by atoms with van der Waals surface area (Å²) in [6.45, 7) is 2.35. The van der Waals surface area contributed by atoms with Crippen molar-refractivity contribution >= 4 is 17.6 Å². The first-order valence-electron chi connectivity index (χ1n) is 4.99. The van der Waals surface area contributed by atoms with Crippen molar-refractivity contribution in [2.45, 2.75) is 19.8 Å². The fourth-order valence-electron chi connectivity index (χ4n) is 1.12. The molecule has 0 aromatic carbocycles. The minimum absolute atomic E-state index is 0.0120. The summed E-state index contributed by atoms with van der Waals surface area (Å²) in [7, 11) is 1.50. The third kappa shape index (κ3) is 5.18. The van der Waals surface area contributed by atoms with Gasteiger partial charge in [0.1, 0.15) is 5.84 Å². The second-order valence-electron chi connectivity index (χ2n) is 3.26. The van der Waals surface area contributed by atoms with Crippen LogP contribution in [0.1, 0.15) is 19.8 Å². The van der Waals surface area contributed by atoms with Crippen LogP contribution in [0.25, 0.3) is 0 Å². The van der Waals surface area contributed by atoms with E-state index >= 15 is 0 Å². The molecular weight excluding hydrogens is 212 g/mol. The molecule has 7 nitrogen and oxygen atoms in total. The summed E-state index contributed by atoms with van der Waals surface area (Å²) in [5.74, 6) is -0.745. The van der Waals surface area contributed by atoms with E-state index in [0.29, 0.717) is 6.54 Å². The van der Waals surface area contributed by atoms with Crippen LogP contribution in [-0.2, 0) is 9.59 Å². The van der Waals surface area contributed by atoms with E-state index in [4.69, 9.17) is 10.9 Å². The van der Waals surface area contributed by atoms with Crippen LogP contribution in [-0.4, -0.2) is 47.9 Å². The number of carbonyl (C=O) groups is 2. The summed E-state index contributed by atoms with van der Waals surface area (Å²) in [5, 5.41) is 13.5. The normalized spacial score (nSPS) is 11.0. The molecule has 0 aliphatic heterocycles. The Kier molecular flexibility index (Phi) is 6.66. The standard InChI is InChI=1S/C9H18N4O3/c1-3-4-13(6-8(14)11-2)9(15)5-7(10)12-16/h16H,3-6H2,1-2H3,(H2,10,12)(H,11,14). The van der Waals surface area contributed by atoms with E-state index in [-0.39, 0.29) is 30.6 Å². The van der Waals surface area contributed by atoms with Crippen molar-refractivity contribution in [1.29, 1.82) is 0 Å². The Hall–Kier alpha value is -1.79. The highest BCUT2D eigenvalue weighted by Crippen LogP contribution is 1.96. The predicted octanol–water partition coefficient (Wildman–Crippen LogP) is -0.892. The zero-order chi connectivity index (χ0) is 12.6. The van der Waals surface area contributed by atoms with Crippen LogP contribution < -0.4 is 11.1 Å². The van der Waals surface area contributed by atoms with Crippen LogP contribution in [0.3, 0.4) is 0 Å². The van der Waals surface area contributed by atoms with Gasteiger partial charge in [0.25, 0.3) is 0 Å². The van der Waals surface area contributed by atoms with E-state index in [2.05, 4.69) is 10.5 Å². The lowest BCUT2D eigenvalue weighted by Gasteiger charge is -2.20. The van der Waals surface area contributed by atoms with Crippen molar-refractivity contribution in [3.05, 3.63) is 0 Å². The van der Waals surface area contributed by atoms with Crippen LogP contribution in [0.2, 0.25) is 0 Å². The Balaban J connectivity index is 4.40. The maximum atomic E-state index is 11.6. The van der Waals surface area contributed by atoms with E-state index in [9.17, 15) is 9.59 Å². The number of amidine groups is 1. The molecule has 0 rings (SSSR count). The van der Waals surface area contributed by atoms with Crippen LogP contribution >= 0.6 is 0 Å². The van der Waals surface area contributed by atoms with Crippen LogP contribution in [0.5, 0.6) is 0 Å². The van der Waals surface area contributed by atoms with Crippen LogP contribution in [0.4, 0.5) is 0 Å². The number of amides is 2. The number of carbonyl (C=O) groups excluding carboxylic acids is 2. The SMILES string of the molecule is CCCN(CC(=O)NC)C(=O)CC(N)=NO. The lowest BCUT2D eigenvalue weighted by Crippen LogP contribution is -2.41. The van der Waals surface area contributed by atoms with Crippen molar-refractivity contribution < 1.29 is 14.8 Å².